The summed E-state index contributed by atoms with van der Waals surface area (Å²) in [6.07, 6.45) is 7.72. The lowest BCUT2D eigenvalue weighted by atomic mass is 10.1. The zero-order chi connectivity index (χ0) is 24.5. The van der Waals surface area contributed by atoms with E-state index >= 15 is 0 Å². The average molecular weight is 458 g/mol. The molecule has 1 heterocycles. The van der Waals surface area contributed by atoms with Crippen molar-refractivity contribution in [3.8, 4) is 0 Å². The van der Waals surface area contributed by atoms with Gasteiger partial charge < -0.3 is 10.2 Å². The van der Waals surface area contributed by atoms with Crippen LogP contribution in [0.2, 0.25) is 0 Å². The average Bonchev–Trinajstić information content (AvgIpc) is 2.83. The van der Waals surface area contributed by atoms with Crippen molar-refractivity contribution in [3.05, 3.63) is 108 Å². The summed E-state index contributed by atoms with van der Waals surface area (Å²) in [6.45, 7) is 15.6. The number of nitrogens with zero attached hydrogens (tertiary/aromatic N) is 2. The third kappa shape index (κ3) is 7.39. The van der Waals surface area contributed by atoms with Crippen molar-refractivity contribution >= 4 is 16.6 Å². The molecule has 0 aliphatic heterocycles. The molecule has 0 spiro atoms. The van der Waals surface area contributed by atoms with Gasteiger partial charge in [-0.15, -0.1) is 0 Å². The Kier molecular flexibility index (Phi) is 9.17. The molecule has 4 heteroatoms. The number of benzene rings is 2. The molecule has 0 aliphatic carbocycles. The van der Waals surface area contributed by atoms with Crippen LogP contribution in [0.1, 0.15) is 44.9 Å². The van der Waals surface area contributed by atoms with Crippen LogP contribution in [0.25, 0.3) is 10.9 Å². The van der Waals surface area contributed by atoms with E-state index in [-0.39, 0.29) is 5.82 Å². The standard InChI is InChI=1S/C30H36FN3/c1-6-24(5)32-19-17-28-14-11-26-21-29(15-16-30(26)33-28)34(22(2)3)20-18-23(4)7-8-25-9-12-27(31)13-10-25/h9-16,18,20-21,24,32H,2,4,6-8,17,19H2,1,3,5H3/b20-18-. The molecule has 0 saturated carbocycles. The monoisotopic (exact) mass is 457 g/mol. The summed E-state index contributed by atoms with van der Waals surface area (Å²) in [7, 11) is 0. The minimum Gasteiger partial charge on any atom is -0.322 e. The number of pyridine rings is 1. The topological polar surface area (TPSA) is 28.2 Å². The molecular formula is C30H36FN3. The SMILES string of the molecule is C=C(/C=C\N(C(=C)C)c1ccc2nc(CCNC(C)CC)ccc2c1)CCc1ccc(F)cc1. The normalized spacial score (nSPS) is 12.2. The van der Waals surface area contributed by atoms with Gasteiger partial charge in [0.25, 0.3) is 0 Å². The number of allylic oxidation sites excluding steroid dienone is 3. The Morgan fingerprint density at radius 2 is 1.85 bits per heavy atom. The van der Waals surface area contributed by atoms with E-state index in [0.29, 0.717) is 6.04 Å². The van der Waals surface area contributed by atoms with Crippen molar-refractivity contribution in [2.45, 2.75) is 52.5 Å². The van der Waals surface area contributed by atoms with Gasteiger partial charge in [-0.1, -0.05) is 43.9 Å². The van der Waals surface area contributed by atoms with Gasteiger partial charge in [0.15, 0.2) is 0 Å². The fourth-order valence-corrected chi connectivity index (χ4v) is 3.69. The molecule has 1 atom stereocenters. The van der Waals surface area contributed by atoms with Gasteiger partial charge in [0.05, 0.1) is 5.52 Å². The number of hydrogen-bond donors (Lipinski definition) is 1. The zero-order valence-electron chi connectivity index (χ0n) is 20.7. The molecular weight excluding hydrogens is 421 g/mol. The number of rotatable bonds is 12. The first-order valence-electron chi connectivity index (χ1n) is 12.0. The number of fused-ring (bicyclic) bond motifs is 1. The largest absolute Gasteiger partial charge is 0.322 e. The molecule has 0 fully saturated rings. The van der Waals surface area contributed by atoms with E-state index in [1.54, 1.807) is 0 Å². The summed E-state index contributed by atoms with van der Waals surface area (Å²) in [6, 6.07) is 17.7. The van der Waals surface area contributed by atoms with E-state index in [4.69, 9.17) is 4.98 Å². The lowest BCUT2D eigenvalue weighted by Crippen LogP contribution is -2.27. The van der Waals surface area contributed by atoms with Crippen molar-refractivity contribution in [3.63, 3.8) is 0 Å². The third-order valence-electron chi connectivity index (χ3n) is 6.01. The first-order valence-corrected chi connectivity index (χ1v) is 12.0. The number of nitrogens with one attached hydrogen (secondary N) is 1. The summed E-state index contributed by atoms with van der Waals surface area (Å²) < 4.78 is 13.1. The molecule has 0 radical (unpaired) electrons. The van der Waals surface area contributed by atoms with Gasteiger partial charge in [0.1, 0.15) is 5.82 Å². The highest BCUT2D eigenvalue weighted by Crippen LogP contribution is 2.25. The van der Waals surface area contributed by atoms with Crippen molar-refractivity contribution < 1.29 is 4.39 Å². The molecule has 34 heavy (non-hydrogen) atoms. The molecule has 3 rings (SSSR count). The van der Waals surface area contributed by atoms with Crippen LogP contribution in [0.3, 0.4) is 0 Å². The summed E-state index contributed by atoms with van der Waals surface area (Å²) in [4.78, 5) is 6.90. The summed E-state index contributed by atoms with van der Waals surface area (Å²) in [5.74, 6) is -0.208. The van der Waals surface area contributed by atoms with Crippen LogP contribution in [0.15, 0.2) is 91.3 Å². The van der Waals surface area contributed by atoms with Gasteiger partial charge >= 0.3 is 0 Å². The fraction of sp³-hybridized carbons (Fsp3) is 0.300. The van der Waals surface area contributed by atoms with Crippen molar-refractivity contribution in [1.82, 2.24) is 10.3 Å². The molecule has 3 nitrogen and oxygen atoms in total. The maximum absolute atomic E-state index is 13.1. The third-order valence-corrected chi connectivity index (χ3v) is 6.01. The fourth-order valence-electron chi connectivity index (χ4n) is 3.69. The van der Waals surface area contributed by atoms with Gasteiger partial charge in [-0.05, 0) is 81.1 Å². The summed E-state index contributed by atoms with van der Waals surface area (Å²) in [5.41, 5.74) is 6.17. The molecule has 2 aromatic carbocycles. The highest BCUT2D eigenvalue weighted by Gasteiger charge is 2.07. The molecule has 1 aromatic heterocycles. The Labute approximate surface area is 203 Å². The molecule has 178 valence electrons. The highest BCUT2D eigenvalue weighted by atomic mass is 19.1. The highest BCUT2D eigenvalue weighted by molar-refractivity contribution is 5.83. The van der Waals surface area contributed by atoms with Crippen LogP contribution in [0, 0.1) is 5.82 Å². The van der Waals surface area contributed by atoms with Gasteiger partial charge in [-0.2, -0.15) is 0 Å². The number of aryl methyl sites for hydroxylation is 1. The smallest absolute Gasteiger partial charge is 0.123 e. The molecule has 3 aromatic rings. The van der Waals surface area contributed by atoms with Crippen LogP contribution in [0.5, 0.6) is 0 Å². The first kappa shape index (κ1) is 25.4. The van der Waals surface area contributed by atoms with Gasteiger partial charge in [0.2, 0.25) is 0 Å². The predicted molar refractivity (Wildman–Crippen MR) is 143 cm³/mol. The van der Waals surface area contributed by atoms with Crippen LogP contribution < -0.4 is 10.2 Å². The van der Waals surface area contributed by atoms with Crippen molar-refractivity contribution in [2.24, 2.45) is 0 Å². The van der Waals surface area contributed by atoms with Gasteiger partial charge in [0, 0.05) is 47.7 Å². The Bertz CT molecular complexity index is 1150. The second-order valence-electron chi connectivity index (χ2n) is 8.90. The number of aromatic nitrogens is 1. The second kappa shape index (κ2) is 12.3. The van der Waals surface area contributed by atoms with Crippen LogP contribution in [-0.4, -0.2) is 17.6 Å². The summed E-state index contributed by atoms with van der Waals surface area (Å²) in [5, 5.41) is 4.63. The number of hydrogen-bond acceptors (Lipinski definition) is 3. The van der Waals surface area contributed by atoms with E-state index in [0.717, 1.165) is 71.3 Å². The van der Waals surface area contributed by atoms with Crippen molar-refractivity contribution in [2.75, 3.05) is 11.4 Å². The predicted octanol–water partition coefficient (Wildman–Crippen LogP) is 7.35. The molecule has 0 bridgehead atoms. The van der Waals surface area contributed by atoms with Crippen LogP contribution >= 0.6 is 0 Å². The maximum atomic E-state index is 13.1. The Balaban J connectivity index is 1.65. The van der Waals surface area contributed by atoms with Gasteiger partial charge in [-0.3, -0.25) is 4.98 Å². The Morgan fingerprint density at radius 3 is 2.56 bits per heavy atom. The first-order chi connectivity index (χ1) is 16.4. The Morgan fingerprint density at radius 1 is 1.09 bits per heavy atom. The van der Waals surface area contributed by atoms with Crippen LogP contribution in [0.4, 0.5) is 10.1 Å². The van der Waals surface area contributed by atoms with E-state index in [2.05, 4.69) is 67.6 Å². The summed E-state index contributed by atoms with van der Waals surface area (Å²) >= 11 is 0. The number of anilines is 1. The van der Waals surface area contributed by atoms with Crippen molar-refractivity contribution in [1.29, 1.82) is 0 Å². The van der Waals surface area contributed by atoms with E-state index < -0.39 is 0 Å². The van der Waals surface area contributed by atoms with E-state index in [1.807, 2.05) is 31.3 Å². The maximum Gasteiger partial charge on any atom is 0.123 e. The second-order valence-corrected chi connectivity index (χ2v) is 8.90. The molecule has 1 unspecified atom stereocenters. The van der Waals surface area contributed by atoms with Gasteiger partial charge in [-0.25, -0.2) is 4.39 Å². The van der Waals surface area contributed by atoms with E-state index in [9.17, 15) is 4.39 Å². The molecule has 1 N–H and O–H groups in total. The molecule has 0 saturated heterocycles. The van der Waals surface area contributed by atoms with Crippen LogP contribution in [-0.2, 0) is 12.8 Å². The minimum absolute atomic E-state index is 0.208. The Hall–Kier alpha value is -3.24. The minimum atomic E-state index is -0.208. The number of halogens is 1. The zero-order valence-corrected chi connectivity index (χ0v) is 20.7. The molecule has 0 aliphatic rings. The quantitative estimate of drug-likeness (QED) is 0.288. The lowest BCUT2D eigenvalue weighted by Gasteiger charge is -2.21. The van der Waals surface area contributed by atoms with E-state index in [1.165, 1.54) is 12.1 Å². The molecule has 0 amide bonds. The lowest BCUT2D eigenvalue weighted by molar-refractivity contribution is 0.535.